The molecule has 1 aliphatic heterocycles. The summed E-state index contributed by atoms with van der Waals surface area (Å²) in [6.45, 7) is 0.906. The second kappa shape index (κ2) is 5.72. The Morgan fingerprint density at radius 3 is 2.63 bits per heavy atom. The van der Waals surface area contributed by atoms with E-state index in [0.717, 1.165) is 0 Å². The Morgan fingerprint density at radius 2 is 2.11 bits per heavy atom. The maximum Gasteiger partial charge on any atom is 0.211 e. The fourth-order valence-electron chi connectivity index (χ4n) is 2.05. The number of pyridine rings is 1. The third kappa shape index (κ3) is 3.87. The largest absolute Gasteiger partial charge is 0.365 e. The van der Waals surface area contributed by atoms with Gasteiger partial charge < -0.3 is 5.32 Å². The van der Waals surface area contributed by atoms with Crippen molar-refractivity contribution in [2.45, 2.75) is 18.9 Å². The van der Waals surface area contributed by atoms with Gasteiger partial charge in [-0.1, -0.05) is 0 Å². The molecule has 19 heavy (non-hydrogen) atoms. The highest BCUT2D eigenvalue weighted by atomic mass is 79.9. The Balaban J connectivity index is 1.96. The van der Waals surface area contributed by atoms with Gasteiger partial charge in [0.15, 0.2) is 11.6 Å². The van der Waals surface area contributed by atoms with Crippen molar-refractivity contribution < 1.29 is 12.8 Å². The van der Waals surface area contributed by atoms with Crippen LogP contribution in [0.1, 0.15) is 12.8 Å². The zero-order valence-corrected chi connectivity index (χ0v) is 12.8. The van der Waals surface area contributed by atoms with Gasteiger partial charge in [0.25, 0.3) is 0 Å². The first-order valence-corrected chi connectivity index (χ1v) is 8.53. The SMILES string of the molecule is CS(=O)(=O)N1CCC(Nc2ncc(Br)cc2F)CC1. The molecule has 1 N–H and O–H groups in total. The zero-order valence-electron chi connectivity index (χ0n) is 10.4. The van der Waals surface area contributed by atoms with Crippen LogP contribution in [0.4, 0.5) is 10.2 Å². The molecule has 1 aromatic heterocycles. The van der Waals surface area contributed by atoms with Crippen molar-refractivity contribution in [1.82, 2.24) is 9.29 Å². The van der Waals surface area contributed by atoms with E-state index in [4.69, 9.17) is 0 Å². The molecule has 1 aromatic rings. The van der Waals surface area contributed by atoms with Crippen LogP contribution < -0.4 is 5.32 Å². The molecule has 5 nitrogen and oxygen atoms in total. The van der Waals surface area contributed by atoms with Crippen molar-refractivity contribution in [2.75, 3.05) is 24.7 Å². The highest BCUT2D eigenvalue weighted by Gasteiger charge is 2.25. The van der Waals surface area contributed by atoms with Crippen LogP contribution in [0, 0.1) is 5.82 Å². The summed E-state index contributed by atoms with van der Waals surface area (Å²) in [5, 5.41) is 3.02. The van der Waals surface area contributed by atoms with Crippen LogP contribution in [-0.2, 0) is 10.0 Å². The third-order valence-corrected chi connectivity index (χ3v) is 4.81. The average Bonchev–Trinajstić information content (AvgIpc) is 2.32. The number of anilines is 1. The zero-order chi connectivity index (χ0) is 14.0. The molecule has 0 aromatic carbocycles. The van der Waals surface area contributed by atoms with Crippen LogP contribution >= 0.6 is 15.9 Å². The van der Waals surface area contributed by atoms with Gasteiger partial charge in [0, 0.05) is 29.8 Å². The smallest absolute Gasteiger partial charge is 0.211 e. The number of sulfonamides is 1. The van der Waals surface area contributed by atoms with Crippen LogP contribution in [0.25, 0.3) is 0 Å². The quantitative estimate of drug-likeness (QED) is 0.902. The fraction of sp³-hybridized carbons (Fsp3) is 0.545. The van der Waals surface area contributed by atoms with Gasteiger partial charge in [0.1, 0.15) is 0 Å². The highest BCUT2D eigenvalue weighted by Crippen LogP contribution is 2.20. The summed E-state index contributed by atoms with van der Waals surface area (Å²) in [7, 11) is -3.13. The predicted molar refractivity (Wildman–Crippen MR) is 75.0 cm³/mol. The summed E-state index contributed by atoms with van der Waals surface area (Å²) in [5.74, 6) is -0.207. The van der Waals surface area contributed by atoms with Crippen LogP contribution in [0.2, 0.25) is 0 Å². The molecule has 1 saturated heterocycles. The van der Waals surface area contributed by atoms with E-state index in [9.17, 15) is 12.8 Å². The molecule has 0 bridgehead atoms. The normalized spacial score (nSPS) is 18.5. The van der Waals surface area contributed by atoms with Gasteiger partial charge in [0.2, 0.25) is 10.0 Å². The number of hydrogen-bond donors (Lipinski definition) is 1. The predicted octanol–water partition coefficient (Wildman–Crippen LogP) is 1.82. The van der Waals surface area contributed by atoms with Gasteiger partial charge >= 0.3 is 0 Å². The van der Waals surface area contributed by atoms with Gasteiger partial charge in [-0.3, -0.25) is 0 Å². The van der Waals surface area contributed by atoms with Crippen LogP contribution in [0.15, 0.2) is 16.7 Å². The molecule has 2 heterocycles. The van der Waals surface area contributed by atoms with E-state index < -0.39 is 15.8 Å². The Labute approximate surface area is 120 Å². The Bertz CT molecular complexity index is 559. The van der Waals surface area contributed by atoms with E-state index >= 15 is 0 Å². The molecule has 0 radical (unpaired) electrons. The second-order valence-corrected chi connectivity index (χ2v) is 7.46. The summed E-state index contributed by atoms with van der Waals surface area (Å²) >= 11 is 3.15. The van der Waals surface area contributed by atoms with Crippen LogP contribution in [-0.4, -0.2) is 43.1 Å². The topological polar surface area (TPSA) is 62.3 Å². The number of rotatable bonds is 3. The Kier molecular flexibility index (Phi) is 4.42. The molecule has 0 saturated carbocycles. The van der Waals surface area contributed by atoms with Gasteiger partial charge in [-0.05, 0) is 34.8 Å². The summed E-state index contributed by atoms with van der Waals surface area (Å²) in [4.78, 5) is 3.97. The minimum absolute atomic E-state index is 0.0428. The van der Waals surface area contributed by atoms with Crippen molar-refractivity contribution in [2.24, 2.45) is 0 Å². The molecule has 2 rings (SSSR count). The molecule has 0 spiro atoms. The van der Waals surface area contributed by atoms with Gasteiger partial charge in [-0.2, -0.15) is 0 Å². The van der Waals surface area contributed by atoms with Gasteiger partial charge in [-0.25, -0.2) is 22.1 Å². The molecular formula is C11H15BrFN3O2S. The number of aromatic nitrogens is 1. The molecule has 0 unspecified atom stereocenters. The molecule has 1 fully saturated rings. The van der Waals surface area contributed by atoms with E-state index in [-0.39, 0.29) is 11.9 Å². The lowest BCUT2D eigenvalue weighted by atomic mass is 10.1. The van der Waals surface area contributed by atoms with Crippen molar-refractivity contribution in [3.63, 3.8) is 0 Å². The van der Waals surface area contributed by atoms with Crippen molar-refractivity contribution in [3.05, 3.63) is 22.6 Å². The van der Waals surface area contributed by atoms with Crippen LogP contribution in [0.3, 0.4) is 0 Å². The maximum atomic E-state index is 13.6. The highest BCUT2D eigenvalue weighted by molar-refractivity contribution is 9.10. The first-order chi connectivity index (χ1) is 8.86. The number of hydrogen-bond acceptors (Lipinski definition) is 4. The number of halogens is 2. The molecule has 0 aliphatic carbocycles. The second-order valence-electron chi connectivity index (χ2n) is 4.56. The first kappa shape index (κ1) is 14.7. The minimum Gasteiger partial charge on any atom is -0.365 e. The van der Waals surface area contributed by atoms with Gasteiger partial charge in [-0.15, -0.1) is 0 Å². The third-order valence-electron chi connectivity index (χ3n) is 3.07. The van der Waals surface area contributed by atoms with Gasteiger partial charge in [0.05, 0.1) is 6.26 Å². The molecule has 8 heteroatoms. The standard InChI is InChI=1S/C11H15BrFN3O2S/c1-19(17,18)16-4-2-9(3-5-16)15-11-10(13)6-8(12)7-14-11/h6-7,9H,2-5H2,1H3,(H,14,15). The fourth-order valence-corrected chi connectivity index (χ4v) is 3.22. The van der Waals surface area contributed by atoms with E-state index in [1.807, 2.05) is 0 Å². The van der Waals surface area contributed by atoms with E-state index in [1.54, 1.807) is 0 Å². The lowest BCUT2D eigenvalue weighted by Crippen LogP contribution is -2.42. The average molecular weight is 352 g/mol. The molecular weight excluding hydrogens is 337 g/mol. The van der Waals surface area contributed by atoms with Crippen molar-refractivity contribution >= 4 is 31.8 Å². The molecule has 106 valence electrons. The van der Waals surface area contributed by atoms with E-state index in [1.165, 1.54) is 22.8 Å². The Hall–Kier alpha value is -0.730. The first-order valence-electron chi connectivity index (χ1n) is 5.89. The minimum atomic E-state index is -3.13. The molecule has 1 aliphatic rings. The Morgan fingerprint density at radius 1 is 1.47 bits per heavy atom. The summed E-state index contributed by atoms with van der Waals surface area (Å²) in [5.41, 5.74) is 0. The lowest BCUT2D eigenvalue weighted by molar-refractivity contribution is 0.331. The summed E-state index contributed by atoms with van der Waals surface area (Å²) in [6, 6.07) is 1.39. The van der Waals surface area contributed by atoms with Crippen molar-refractivity contribution in [3.8, 4) is 0 Å². The summed E-state index contributed by atoms with van der Waals surface area (Å²) < 4.78 is 38.4. The summed E-state index contributed by atoms with van der Waals surface area (Å²) in [6.07, 6.45) is 4.02. The number of nitrogens with one attached hydrogen (secondary N) is 1. The van der Waals surface area contributed by atoms with E-state index in [2.05, 4.69) is 26.2 Å². The van der Waals surface area contributed by atoms with Crippen LogP contribution in [0.5, 0.6) is 0 Å². The number of nitrogens with zero attached hydrogens (tertiary/aromatic N) is 2. The molecule has 0 atom stereocenters. The molecule has 0 amide bonds. The monoisotopic (exact) mass is 351 g/mol. The maximum absolute atomic E-state index is 13.6. The lowest BCUT2D eigenvalue weighted by Gasteiger charge is -2.30. The number of piperidine rings is 1. The van der Waals surface area contributed by atoms with Crippen molar-refractivity contribution in [1.29, 1.82) is 0 Å². The van der Waals surface area contributed by atoms with E-state index in [0.29, 0.717) is 30.4 Å².